The van der Waals surface area contributed by atoms with Crippen molar-refractivity contribution in [1.29, 1.82) is 0 Å². The van der Waals surface area contributed by atoms with Gasteiger partial charge in [0.05, 0.1) is 16.4 Å². The van der Waals surface area contributed by atoms with Gasteiger partial charge in [-0.05, 0) is 74.1 Å². The van der Waals surface area contributed by atoms with Crippen molar-refractivity contribution in [2.24, 2.45) is 5.92 Å². The second-order valence-electron chi connectivity index (χ2n) is 14.4. The Labute approximate surface area is 265 Å². The molecule has 1 aromatic carbocycles. The lowest BCUT2D eigenvalue weighted by Gasteiger charge is -2.46. The first kappa shape index (κ1) is 31.7. The fourth-order valence-electron chi connectivity index (χ4n) is 7.06. The number of ether oxygens (including phenoxy) is 1. The molecule has 3 aromatic heterocycles. The summed E-state index contributed by atoms with van der Waals surface area (Å²) in [4.78, 5) is 19.5. The van der Waals surface area contributed by atoms with Gasteiger partial charge in [-0.2, -0.15) is 0 Å². The Morgan fingerprint density at radius 2 is 1.98 bits per heavy atom. The van der Waals surface area contributed by atoms with E-state index in [-0.39, 0.29) is 5.41 Å². The van der Waals surface area contributed by atoms with E-state index in [2.05, 4.69) is 79.2 Å². The summed E-state index contributed by atoms with van der Waals surface area (Å²) in [5, 5.41) is 23.1. The predicted molar refractivity (Wildman–Crippen MR) is 179 cm³/mol. The van der Waals surface area contributed by atoms with Crippen molar-refractivity contribution in [1.82, 2.24) is 29.4 Å². The quantitative estimate of drug-likeness (QED) is 0.187. The molecular formula is C35H49N7O3. The monoisotopic (exact) mass is 615 g/mol. The number of nitrogens with one attached hydrogen (secondary N) is 1. The van der Waals surface area contributed by atoms with Crippen molar-refractivity contribution >= 4 is 33.5 Å². The number of aliphatic hydroxyl groups excluding tert-OH is 2. The van der Waals surface area contributed by atoms with Gasteiger partial charge in [0.1, 0.15) is 41.9 Å². The van der Waals surface area contributed by atoms with E-state index in [4.69, 9.17) is 15.5 Å². The van der Waals surface area contributed by atoms with Crippen molar-refractivity contribution in [3.05, 3.63) is 54.3 Å². The van der Waals surface area contributed by atoms with Crippen LogP contribution in [0.1, 0.15) is 90.4 Å². The topological polar surface area (TPSA) is 138 Å². The van der Waals surface area contributed by atoms with Crippen LogP contribution >= 0.6 is 0 Å². The number of aromatic amines is 1. The number of aromatic nitrogens is 5. The molecule has 6 rings (SSSR count). The van der Waals surface area contributed by atoms with E-state index >= 15 is 0 Å². The SMILES string of the molecule is C=C(C)c1cn([C@@H]2O[C@H](CN(C(C)CC)C3CC(CCc4nc5ccc(C(C)(C)C)cc5[nH]4)C3)[C@@H](O)[C@H]2O)c2ncnc(N)c12. The maximum absolute atomic E-state index is 11.2. The van der Waals surface area contributed by atoms with E-state index in [1.165, 1.54) is 11.9 Å². The summed E-state index contributed by atoms with van der Waals surface area (Å²) >= 11 is 0. The van der Waals surface area contributed by atoms with Crippen LogP contribution in [0.4, 0.5) is 5.82 Å². The Kier molecular flexibility index (Phi) is 8.54. The number of nitrogens with zero attached hydrogens (tertiary/aromatic N) is 5. The fourth-order valence-corrected chi connectivity index (χ4v) is 7.06. The Bertz CT molecular complexity index is 1680. The zero-order valence-corrected chi connectivity index (χ0v) is 27.5. The van der Waals surface area contributed by atoms with Crippen LogP contribution < -0.4 is 5.73 Å². The lowest BCUT2D eigenvalue weighted by Crippen LogP contribution is -2.53. The number of hydrogen-bond acceptors (Lipinski definition) is 8. The molecule has 1 saturated carbocycles. The van der Waals surface area contributed by atoms with Crippen LogP contribution in [-0.4, -0.2) is 76.6 Å². The number of rotatable bonds is 10. The average molecular weight is 616 g/mol. The van der Waals surface area contributed by atoms with Gasteiger partial charge in [0.25, 0.3) is 0 Å². The van der Waals surface area contributed by atoms with Gasteiger partial charge in [-0.1, -0.05) is 40.3 Å². The summed E-state index contributed by atoms with van der Waals surface area (Å²) in [6, 6.07) is 7.28. The zero-order valence-electron chi connectivity index (χ0n) is 27.5. The number of nitrogen functional groups attached to an aromatic ring is 1. The number of aliphatic hydroxyl groups is 2. The smallest absolute Gasteiger partial charge is 0.164 e. The summed E-state index contributed by atoms with van der Waals surface area (Å²) < 4.78 is 8.19. The third-order valence-corrected chi connectivity index (χ3v) is 10.1. The highest BCUT2D eigenvalue weighted by atomic mass is 16.6. The van der Waals surface area contributed by atoms with Crippen LogP contribution in [0.3, 0.4) is 0 Å². The highest BCUT2D eigenvalue weighted by Gasteiger charge is 2.47. The van der Waals surface area contributed by atoms with Crippen molar-refractivity contribution in [3.63, 3.8) is 0 Å². The molecule has 1 saturated heterocycles. The first-order chi connectivity index (χ1) is 21.3. The van der Waals surface area contributed by atoms with E-state index in [1.807, 2.05) is 13.1 Å². The molecule has 4 aromatic rings. The van der Waals surface area contributed by atoms with E-state index in [0.717, 1.165) is 60.1 Å². The number of aryl methyl sites for hydroxylation is 1. The Morgan fingerprint density at radius 1 is 1.22 bits per heavy atom. The van der Waals surface area contributed by atoms with E-state index in [0.29, 0.717) is 41.4 Å². The van der Waals surface area contributed by atoms with Crippen LogP contribution in [0.25, 0.3) is 27.6 Å². The van der Waals surface area contributed by atoms with Gasteiger partial charge in [-0.3, -0.25) is 4.90 Å². The van der Waals surface area contributed by atoms with Crippen molar-refractivity contribution < 1.29 is 14.9 Å². The largest absolute Gasteiger partial charge is 0.387 e. The third kappa shape index (κ3) is 6.01. The normalized spacial score (nSPS) is 26.2. The minimum absolute atomic E-state index is 0.106. The van der Waals surface area contributed by atoms with Gasteiger partial charge >= 0.3 is 0 Å². The molecule has 4 heterocycles. The molecular weight excluding hydrogens is 566 g/mol. The van der Waals surface area contributed by atoms with Crippen LogP contribution in [0.5, 0.6) is 0 Å². The van der Waals surface area contributed by atoms with Gasteiger partial charge in [-0.15, -0.1) is 0 Å². The number of allylic oxidation sites excluding steroid dienone is 1. The number of benzene rings is 1. The number of fused-ring (bicyclic) bond motifs is 2. The number of anilines is 1. The molecule has 10 heteroatoms. The average Bonchev–Trinajstić information content (AvgIpc) is 3.64. The zero-order chi connectivity index (χ0) is 32.2. The molecule has 0 spiro atoms. The molecule has 242 valence electrons. The summed E-state index contributed by atoms with van der Waals surface area (Å²) in [5.41, 5.74) is 11.9. The van der Waals surface area contributed by atoms with Crippen molar-refractivity contribution in [3.8, 4) is 0 Å². The molecule has 1 unspecified atom stereocenters. The van der Waals surface area contributed by atoms with Crippen LogP contribution in [-0.2, 0) is 16.6 Å². The van der Waals surface area contributed by atoms with E-state index in [9.17, 15) is 10.2 Å². The maximum Gasteiger partial charge on any atom is 0.164 e. The first-order valence-corrected chi connectivity index (χ1v) is 16.4. The fraction of sp³-hybridized carbons (Fsp3) is 0.571. The Morgan fingerprint density at radius 3 is 2.67 bits per heavy atom. The van der Waals surface area contributed by atoms with Gasteiger partial charge in [0, 0.05) is 36.8 Å². The van der Waals surface area contributed by atoms with Crippen LogP contribution in [0.2, 0.25) is 0 Å². The van der Waals surface area contributed by atoms with E-state index < -0.39 is 24.5 Å². The molecule has 2 aliphatic rings. The number of hydrogen-bond donors (Lipinski definition) is 4. The number of H-pyrrole nitrogens is 1. The summed E-state index contributed by atoms with van der Waals surface area (Å²) in [6.45, 7) is 17.6. The maximum atomic E-state index is 11.2. The number of nitrogens with two attached hydrogens (primary N) is 1. The van der Waals surface area contributed by atoms with Crippen molar-refractivity contribution in [2.45, 2.75) is 116 Å². The predicted octanol–water partition coefficient (Wildman–Crippen LogP) is 5.35. The second-order valence-corrected chi connectivity index (χ2v) is 14.4. The minimum Gasteiger partial charge on any atom is -0.387 e. The van der Waals surface area contributed by atoms with Gasteiger partial charge in [0.15, 0.2) is 6.23 Å². The van der Waals surface area contributed by atoms with Crippen molar-refractivity contribution in [2.75, 3.05) is 12.3 Å². The second kappa shape index (κ2) is 12.1. The Hall–Kier alpha value is -3.31. The lowest BCUT2D eigenvalue weighted by atomic mass is 9.76. The van der Waals surface area contributed by atoms with E-state index in [1.54, 1.807) is 4.57 Å². The molecule has 10 nitrogen and oxygen atoms in total. The minimum atomic E-state index is -1.11. The molecule has 0 bridgehead atoms. The van der Waals surface area contributed by atoms with Gasteiger partial charge in [0.2, 0.25) is 0 Å². The lowest BCUT2D eigenvalue weighted by molar-refractivity contribution is -0.0636. The summed E-state index contributed by atoms with van der Waals surface area (Å²) in [6.07, 6.45) is 4.98. The summed E-state index contributed by atoms with van der Waals surface area (Å²) in [5.74, 6) is 2.03. The van der Waals surface area contributed by atoms with Crippen LogP contribution in [0.15, 0.2) is 37.3 Å². The molecule has 1 aliphatic carbocycles. The van der Waals surface area contributed by atoms with Crippen LogP contribution in [0, 0.1) is 5.92 Å². The molecule has 0 radical (unpaired) electrons. The number of imidazole rings is 1. The highest BCUT2D eigenvalue weighted by Crippen LogP contribution is 2.40. The molecule has 45 heavy (non-hydrogen) atoms. The third-order valence-electron chi connectivity index (χ3n) is 10.1. The molecule has 5 N–H and O–H groups in total. The highest BCUT2D eigenvalue weighted by molar-refractivity contribution is 5.97. The molecule has 2 fully saturated rings. The molecule has 0 amide bonds. The Balaban J connectivity index is 1.10. The molecule has 5 atom stereocenters. The standard InChI is InChI=1S/C35H49N7O3/c1-8-20(4)41(23-13-21(14-23)9-12-28-39-25-11-10-22(35(5,6)7)15-26(25)40-28)17-27-30(43)31(44)34(45-27)42-16-24(19(2)3)29-32(36)37-18-38-33(29)42/h10-11,15-16,18,20-21,23,27,30-31,34,43-44H,2,8-9,12-14,17H2,1,3-7H3,(H,39,40)(H2,36,37,38)/t20?,21?,23?,27-,30-,31-,34-/m1/s1. The van der Waals surface area contributed by atoms with Gasteiger partial charge < -0.3 is 30.2 Å². The summed E-state index contributed by atoms with van der Waals surface area (Å²) in [7, 11) is 0. The molecule has 1 aliphatic heterocycles. The first-order valence-electron chi connectivity index (χ1n) is 16.4. The van der Waals surface area contributed by atoms with Gasteiger partial charge in [-0.25, -0.2) is 15.0 Å².